The van der Waals surface area contributed by atoms with Crippen LogP contribution in [0.2, 0.25) is 0 Å². The molecule has 0 fully saturated rings. The number of hydrogen-bond donors (Lipinski definition) is 1. The van der Waals surface area contributed by atoms with Crippen molar-refractivity contribution in [1.82, 2.24) is 0 Å². The molecule has 0 aliphatic carbocycles. The predicted molar refractivity (Wildman–Crippen MR) is 117 cm³/mol. The first-order valence-corrected chi connectivity index (χ1v) is 10.3. The zero-order chi connectivity index (χ0) is 20.7. The van der Waals surface area contributed by atoms with E-state index in [4.69, 9.17) is 9.47 Å². The molecule has 0 saturated carbocycles. The Morgan fingerprint density at radius 3 is 2.60 bits per heavy atom. The van der Waals surface area contributed by atoms with Crippen LogP contribution in [-0.2, 0) is 0 Å². The fourth-order valence-corrected chi connectivity index (χ4v) is 4.04. The highest BCUT2D eigenvalue weighted by molar-refractivity contribution is 6.12. The van der Waals surface area contributed by atoms with E-state index in [0.29, 0.717) is 17.2 Å². The molecule has 0 spiro atoms. The average molecular weight is 400 g/mol. The van der Waals surface area contributed by atoms with Gasteiger partial charge in [-0.15, -0.1) is 0 Å². The summed E-state index contributed by atoms with van der Waals surface area (Å²) in [5.41, 5.74) is 4.57. The summed E-state index contributed by atoms with van der Waals surface area (Å²) in [4.78, 5) is 15.4. The summed E-state index contributed by atoms with van der Waals surface area (Å²) >= 11 is 0. The normalized spacial score (nSPS) is 18.0. The van der Waals surface area contributed by atoms with Gasteiger partial charge in [0.25, 0.3) is 5.91 Å². The number of benzene rings is 3. The Morgan fingerprint density at radius 1 is 1.03 bits per heavy atom. The number of amides is 1. The standard InChI is InChI=1S/C25H24N2O3/c1-3-16(2)17-8-11-19(12-9-17)27-24(18-10-13-22-23(14-18)30-15-29-22)26-21-7-5-4-6-20(21)25(27)28/h4-14,16,24,26H,3,15H2,1-2H3. The summed E-state index contributed by atoms with van der Waals surface area (Å²) in [6.07, 6.45) is 0.729. The van der Waals surface area contributed by atoms with E-state index < -0.39 is 0 Å². The molecule has 0 bridgehead atoms. The Hall–Kier alpha value is -3.47. The number of hydrogen-bond acceptors (Lipinski definition) is 4. The number of para-hydroxylation sites is 1. The molecule has 2 atom stereocenters. The third kappa shape index (κ3) is 3.07. The van der Waals surface area contributed by atoms with Gasteiger partial charge in [-0.05, 0) is 59.9 Å². The molecule has 5 rings (SSSR count). The lowest BCUT2D eigenvalue weighted by Crippen LogP contribution is -2.43. The van der Waals surface area contributed by atoms with E-state index in [1.807, 2.05) is 59.5 Å². The van der Waals surface area contributed by atoms with Crippen LogP contribution >= 0.6 is 0 Å². The number of fused-ring (bicyclic) bond motifs is 2. The molecule has 5 heteroatoms. The van der Waals surface area contributed by atoms with E-state index in [-0.39, 0.29) is 18.9 Å². The minimum atomic E-state index is -0.351. The first-order chi connectivity index (χ1) is 14.7. The molecular formula is C25H24N2O3. The number of carbonyl (C=O) groups excluding carboxylic acids is 1. The van der Waals surface area contributed by atoms with Crippen LogP contribution in [0.25, 0.3) is 0 Å². The van der Waals surface area contributed by atoms with Gasteiger partial charge in [0.1, 0.15) is 6.17 Å². The van der Waals surface area contributed by atoms with Crippen molar-refractivity contribution in [2.75, 3.05) is 17.0 Å². The molecule has 2 heterocycles. The number of nitrogens with one attached hydrogen (secondary N) is 1. The molecule has 152 valence electrons. The van der Waals surface area contributed by atoms with E-state index in [1.54, 1.807) is 0 Å². The van der Waals surface area contributed by atoms with Crippen LogP contribution in [0.3, 0.4) is 0 Å². The van der Waals surface area contributed by atoms with Crippen molar-refractivity contribution in [2.45, 2.75) is 32.4 Å². The molecular weight excluding hydrogens is 376 g/mol. The maximum Gasteiger partial charge on any atom is 0.262 e. The van der Waals surface area contributed by atoms with Crippen LogP contribution in [0.15, 0.2) is 66.7 Å². The molecule has 2 unspecified atom stereocenters. The Balaban J connectivity index is 1.59. The SMILES string of the molecule is CCC(C)c1ccc(N2C(=O)c3ccccc3NC2c2ccc3c(c2)OCO3)cc1. The van der Waals surface area contributed by atoms with Crippen molar-refractivity contribution in [2.24, 2.45) is 0 Å². The van der Waals surface area contributed by atoms with Gasteiger partial charge < -0.3 is 14.8 Å². The molecule has 0 saturated heterocycles. The maximum atomic E-state index is 13.5. The topological polar surface area (TPSA) is 50.8 Å². The summed E-state index contributed by atoms with van der Waals surface area (Å²) in [5, 5.41) is 3.54. The van der Waals surface area contributed by atoms with E-state index in [9.17, 15) is 4.79 Å². The van der Waals surface area contributed by atoms with Gasteiger partial charge >= 0.3 is 0 Å². The fraction of sp³-hybridized carbons (Fsp3) is 0.240. The first-order valence-electron chi connectivity index (χ1n) is 10.3. The van der Waals surface area contributed by atoms with Crippen LogP contribution in [0.1, 0.15) is 53.8 Å². The zero-order valence-corrected chi connectivity index (χ0v) is 17.1. The number of carbonyl (C=O) groups is 1. The van der Waals surface area contributed by atoms with Crippen molar-refractivity contribution in [1.29, 1.82) is 0 Å². The lowest BCUT2D eigenvalue weighted by atomic mass is 9.97. The summed E-state index contributed by atoms with van der Waals surface area (Å²) in [7, 11) is 0. The van der Waals surface area contributed by atoms with Crippen molar-refractivity contribution in [3.8, 4) is 11.5 Å². The molecule has 5 nitrogen and oxygen atoms in total. The van der Waals surface area contributed by atoms with Crippen LogP contribution < -0.4 is 19.7 Å². The van der Waals surface area contributed by atoms with Crippen molar-refractivity contribution in [3.05, 3.63) is 83.4 Å². The predicted octanol–water partition coefficient (Wildman–Crippen LogP) is 5.70. The van der Waals surface area contributed by atoms with Gasteiger partial charge in [0.05, 0.1) is 5.56 Å². The lowest BCUT2D eigenvalue weighted by molar-refractivity contribution is 0.0975. The van der Waals surface area contributed by atoms with Gasteiger partial charge in [-0.25, -0.2) is 0 Å². The summed E-state index contributed by atoms with van der Waals surface area (Å²) < 4.78 is 11.0. The highest BCUT2D eigenvalue weighted by atomic mass is 16.7. The summed E-state index contributed by atoms with van der Waals surface area (Å²) in [6, 6.07) is 21.8. The number of nitrogens with zero attached hydrogens (tertiary/aromatic N) is 1. The van der Waals surface area contributed by atoms with E-state index >= 15 is 0 Å². The van der Waals surface area contributed by atoms with Gasteiger partial charge in [-0.2, -0.15) is 0 Å². The Kier molecular flexibility index (Phi) is 4.58. The zero-order valence-electron chi connectivity index (χ0n) is 17.1. The van der Waals surface area contributed by atoms with Crippen LogP contribution in [0.5, 0.6) is 11.5 Å². The van der Waals surface area contributed by atoms with Gasteiger partial charge in [-0.3, -0.25) is 9.69 Å². The highest BCUT2D eigenvalue weighted by Crippen LogP contribution is 2.40. The molecule has 0 aromatic heterocycles. The quantitative estimate of drug-likeness (QED) is 0.610. The van der Waals surface area contributed by atoms with Crippen molar-refractivity contribution in [3.63, 3.8) is 0 Å². The van der Waals surface area contributed by atoms with Crippen LogP contribution in [-0.4, -0.2) is 12.7 Å². The smallest absolute Gasteiger partial charge is 0.262 e. The molecule has 0 radical (unpaired) electrons. The Labute approximate surface area is 176 Å². The van der Waals surface area contributed by atoms with Crippen LogP contribution in [0, 0.1) is 0 Å². The first kappa shape index (κ1) is 18.6. The fourth-order valence-electron chi connectivity index (χ4n) is 4.04. The number of anilines is 2. The number of ether oxygens (including phenoxy) is 2. The second-order valence-electron chi connectivity index (χ2n) is 7.78. The minimum absolute atomic E-state index is 0.0247. The second-order valence-corrected chi connectivity index (χ2v) is 7.78. The molecule has 3 aromatic rings. The molecule has 1 N–H and O–H groups in total. The van der Waals surface area contributed by atoms with Gasteiger partial charge in [0.15, 0.2) is 11.5 Å². The monoisotopic (exact) mass is 400 g/mol. The van der Waals surface area contributed by atoms with Gasteiger partial charge in [0.2, 0.25) is 6.79 Å². The van der Waals surface area contributed by atoms with E-state index in [2.05, 4.69) is 31.3 Å². The largest absolute Gasteiger partial charge is 0.454 e. The lowest BCUT2D eigenvalue weighted by Gasteiger charge is -2.38. The van der Waals surface area contributed by atoms with Gasteiger partial charge in [0, 0.05) is 11.4 Å². The Bertz CT molecular complexity index is 1090. The van der Waals surface area contributed by atoms with Crippen molar-refractivity contribution < 1.29 is 14.3 Å². The summed E-state index contributed by atoms with van der Waals surface area (Å²) in [6.45, 7) is 4.62. The Morgan fingerprint density at radius 2 is 1.80 bits per heavy atom. The van der Waals surface area contributed by atoms with E-state index in [1.165, 1.54) is 5.56 Å². The third-order valence-electron chi connectivity index (χ3n) is 5.99. The van der Waals surface area contributed by atoms with Crippen LogP contribution in [0.4, 0.5) is 11.4 Å². The molecule has 1 amide bonds. The molecule has 2 aliphatic heterocycles. The van der Waals surface area contributed by atoms with E-state index in [0.717, 1.165) is 29.1 Å². The molecule has 2 aliphatic rings. The molecule has 3 aromatic carbocycles. The van der Waals surface area contributed by atoms with Crippen molar-refractivity contribution >= 4 is 17.3 Å². The van der Waals surface area contributed by atoms with Gasteiger partial charge in [-0.1, -0.05) is 44.2 Å². The number of rotatable bonds is 4. The highest BCUT2D eigenvalue weighted by Gasteiger charge is 2.34. The third-order valence-corrected chi connectivity index (χ3v) is 5.99. The average Bonchev–Trinajstić information content (AvgIpc) is 3.26. The molecule has 30 heavy (non-hydrogen) atoms. The minimum Gasteiger partial charge on any atom is -0.454 e. The second kappa shape index (κ2) is 7.41. The summed E-state index contributed by atoms with van der Waals surface area (Å²) in [5.74, 6) is 1.89. The maximum absolute atomic E-state index is 13.5.